The van der Waals surface area contributed by atoms with Crippen molar-refractivity contribution in [3.8, 4) is 0 Å². The Morgan fingerprint density at radius 3 is 3.06 bits per heavy atom. The molecular weight excluding hydrogens is 246 g/mol. The molecule has 1 saturated carbocycles. The van der Waals surface area contributed by atoms with Crippen LogP contribution in [-0.4, -0.2) is 21.7 Å². The number of nitrogens with one attached hydrogen (secondary N) is 1. The minimum absolute atomic E-state index is 0.628. The minimum atomic E-state index is 0.628. The first-order valence-corrected chi connectivity index (χ1v) is 7.59. The van der Waals surface area contributed by atoms with Crippen LogP contribution in [0.25, 0.3) is 0 Å². The van der Waals surface area contributed by atoms with Crippen molar-refractivity contribution in [1.82, 2.24) is 15.1 Å². The largest absolute Gasteiger partial charge is 0.308 e. The number of hydrogen-bond acceptors (Lipinski definition) is 2. The highest BCUT2D eigenvalue weighted by molar-refractivity contribution is 6.18. The molecule has 2 atom stereocenters. The van der Waals surface area contributed by atoms with Crippen LogP contribution in [0.4, 0.5) is 0 Å². The second kappa shape index (κ2) is 6.58. The molecule has 2 unspecified atom stereocenters. The summed E-state index contributed by atoms with van der Waals surface area (Å²) in [5.74, 6) is 1.51. The van der Waals surface area contributed by atoms with E-state index < -0.39 is 0 Å². The first kappa shape index (κ1) is 13.9. The summed E-state index contributed by atoms with van der Waals surface area (Å²) in [6.45, 7) is 6.06. The van der Waals surface area contributed by atoms with Crippen LogP contribution in [0.2, 0.25) is 0 Å². The van der Waals surface area contributed by atoms with Crippen molar-refractivity contribution in [2.24, 2.45) is 5.92 Å². The number of rotatable bonds is 5. The number of hydrogen-bond donors (Lipinski definition) is 1. The molecule has 0 spiro atoms. The van der Waals surface area contributed by atoms with Crippen molar-refractivity contribution in [1.29, 1.82) is 0 Å². The van der Waals surface area contributed by atoms with E-state index in [9.17, 15) is 0 Å². The lowest BCUT2D eigenvalue weighted by Crippen LogP contribution is -2.34. The van der Waals surface area contributed by atoms with E-state index in [1.807, 2.05) is 0 Å². The van der Waals surface area contributed by atoms with Gasteiger partial charge in [-0.2, -0.15) is 5.10 Å². The Kier molecular flexibility index (Phi) is 5.07. The van der Waals surface area contributed by atoms with E-state index in [1.54, 1.807) is 0 Å². The van der Waals surface area contributed by atoms with Crippen LogP contribution in [0.15, 0.2) is 6.07 Å². The summed E-state index contributed by atoms with van der Waals surface area (Å²) in [6, 6.07) is 2.81. The smallest absolute Gasteiger partial charge is 0.0597 e. The fourth-order valence-electron chi connectivity index (χ4n) is 2.88. The van der Waals surface area contributed by atoms with Gasteiger partial charge in [0.25, 0.3) is 0 Å². The van der Waals surface area contributed by atoms with Gasteiger partial charge in [0, 0.05) is 25.0 Å². The van der Waals surface area contributed by atoms with Gasteiger partial charge in [-0.15, -0.1) is 11.6 Å². The maximum absolute atomic E-state index is 5.97. The van der Waals surface area contributed by atoms with E-state index in [-0.39, 0.29) is 0 Å². The Labute approximate surface area is 115 Å². The molecule has 1 N–H and O–H groups in total. The number of halogens is 1. The molecule has 4 heteroatoms. The third-order valence-electron chi connectivity index (χ3n) is 3.86. The second-order valence-corrected chi connectivity index (χ2v) is 5.67. The molecule has 1 aromatic heterocycles. The van der Waals surface area contributed by atoms with Gasteiger partial charge >= 0.3 is 0 Å². The molecule has 0 amide bonds. The van der Waals surface area contributed by atoms with Gasteiger partial charge in [-0.1, -0.05) is 6.42 Å². The van der Waals surface area contributed by atoms with Crippen molar-refractivity contribution in [2.45, 2.75) is 58.7 Å². The van der Waals surface area contributed by atoms with Crippen molar-refractivity contribution in [2.75, 3.05) is 5.88 Å². The summed E-state index contributed by atoms with van der Waals surface area (Å²) in [4.78, 5) is 0. The fraction of sp³-hybridized carbons (Fsp3) is 0.786. The van der Waals surface area contributed by atoms with Crippen molar-refractivity contribution in [3.05, 3.63) is 17.5 Å². The van der Waals surface area contributed by atoms with E-state index in [1.165, 1.54) is 31.4 Å². The lowest BCUT2D eigenvalue weighted by molar-refractivity contribution is 0.301. The Morgan fingerprint density at radius 1 is 1.50 bits per heavy atom. The number of nitrogens with zero attached hydrogens (tertiary/aromatic N) is 2. The zero-order valence-corrected chi connectivity index (χ0v) is 12.2. The van der Waals surface area contributed by atoms with Gasteiger partial charge in [0.2, 0.25) is 0 Å². The van der Waals surface area contributed by atoms with Gasteiger partial charge in [0.05, 0.1) is 11.4 Å². The lowest BCUT2D eigenvalue weighted by Gasteiger charge is -2.28. The summed E-state index contributed by atoms with van der Waals surface area (Å²) < 4.78 is 2.09. The molecule has 1 aliphatic rings. The SMILES string of the molecule is CCn1nc(C)cc1CNC1CCCC(CCl)C1. The third kappa shape index (κ3) is 3.48. The molecule has 0 aromatic carbocycles. The molecule has 0 aliphatic heterocycles. The van der Waals surface area contributed by atoms with Gasteiger partial charge < -0.3 is 5.32 Å². The second-order valence-electron chi connectivity index (χ2n) is 5.36. The van der Waals surface area contributed by atoms with Crippen LogP contribution in [0, 0.1) is 12.8 Å². The highest BCUT2D eigenvalue weighted by Gasteiger charge is 2.21. The zero-order chi connectivity index (χ0) is 13.0. The van der Waals surface area contributed by atoms with Crippen LogP contribution in [0.5, 0.6) is 0 Å². The van der Waals surface area contributed by atoms with Crippen molar-refractivity contribution in [3.63, 3.8) is 0 Å². The molecule has 0 radical (unpaired) electrons. The molecule has 0 saturated heterocycles. The molecule has 102 valence electrons. The van der Waals surface area contributed by atoms with E-state index >= 15 is 0 Å². The maximum Gasteiger partial charge on any atom is 0.0597 e. The Bertz CT molecular complexity index is 375. The summed E-state index contributed by atoms with van der Waals surface area (Å²) in [7, 11) is 0. The molecule has 3 nitrogen and oxygen atoms in total. The van der Waals surface area contributed by atoms with Crippen molar-refractivity contribution >= 4 is 11.6 Å². The van der Waals surface area contributed by atoms with Crippen LogP contribution < -0.4 is 5.32 Å². The number of aromatic nitrogens is 2. The topological polar surface area (TPSA) is 29.9 Å². The highest BCUT2D eigenvalue weighted by Crippen LogP contribution is 2.25. The lowest BCUT2D eigenvalue weighted by atomic mass is 9.87. The van der Waals surface area contributed by atoms with E-state index in [4.69, 9.17) is 11.6 Å². The van der Waals surface area contributed by atoms with Crippen LogP contribution in [0.3, 0.4) is 0 Å². The van der Waals surface area contributed by atoms with E-state index in [0.29, 0.717) is 12.0 Å². The standard InChI is InChI=1S/C14H24ClN3/c1-3-18-14(7-11(2)17-18)10-16-13-6-4-5-12(8-13)9-15/h7,12-13,16H,3-6,8-10H2,1-2H3. The minimum Gasteiger partial charge on any atom is -0.308 e. The monoisotopic (exact) mass is 269 g/mol. The average Bonchev–Trinajstić information content (AvgIpc) is 2.77. The van der Waals surface area contributed by atoms with Crippen LogP contribution in [-0.2, 0) is 13.1 Å². The van der Waals surface area contributed by atoms with Gasteiger partial charge in [0.1, 0.15) is 0 Å². The van der Waals surface area contributed by atoms with Crippen LogP contribution >= 0.6 is 11.6 Å². The highest BCUT2D eigenvalue weighted by atomic mass is 35.5. The predicted octanol–water partition coefficient (Wildman–Crippen LogP) is 3.10. The number of aryl methyl sites for hydroxylation is 2. The molecule has 1 aromatic rings. The molecule has 18 heavy (non-hydrogen) atoms. The first-order chi connectivity index (χ1) is 8.72. The quantitative estimate of drug-likeness (QED) is 0.833. The van der Waals surface area contributed by atoms with Gasteiger partial charge in [-0.05, 0) is 45.1 Å². The van der Waals surface area contributed by atoms with Crippen LogP contribution in [0.1, 0.15) is 44.0 Å². The molecule has 1 heterocycles. The maximum atomic E-state index is 5.97. The summed E-state index contributed by atoms with van der Waals surface area (Å²) in [5, 5.41) is 8.15. The average molecular weight is 270 g/mol. The summed E-state index contributed by atoms with van der Waals surface area (Å²) in [6.07, 6.45) is 5.12. The molecule has 0 bridgehead atoms. The number of alkyl halides is 1. The summed E-state index contributed by atoms with van der Waals surface area (Å²) >= 11 is 5.97. The van der Waals surface area contributed by atoms with E-state index in [2.05, 4.69) is 35.0 Å². The van der Waals surface area contributed by atoms with Crippen molar-refractivity contribution < 1.29 is 0 Å². The third-order valence-corrected chi connectivity index (χ3v) is 4.29. The molecule has 2 rings (SSSR count). The van der Waals surface area contributed by atoms with E-state index in [0.717, 1.165) is 24.7 Å². The Morgan fingerprint density at radius 2 is 2.33 bits per heavy atom. The molecule has 1 aliphatic carbocycles. The molecular formula is C14H24ClN3. The van der Waals surface area contributed by atoms with Gasteiger partial charge in [0.15, 0.2) is 0 Å². The Balaban J connectivity index is 1.86. The zero-order valence-electron chi connectivity index (χ0n) is 11.5. The molecule has 1 fully saturated rings. The fourth-order valence-corrected chi connectivity index (χ4v) is 3.16. The van der Waals surface area contributed by atoms with Gasteiger partial charge in [-0.3, -0.25) is 4.68 Å². The Hall–Kier alpha value is -0.540. The predicted molar refractivity (Wildman–Crippen MR) is 75.9 cm³/mol. The first-order valence-electron chi connectivity index (χ1n) is 7.05. The normalized spacial score (nSPS) is 24.4. The van der Waals surface area contributed by atoms with Gasteiger partial charge in [-0.25, -0.2) is 0 Å². The summed E-state index contributed by atoms with van der Waals surface area (Å²) in [5.41, 5.74) is 2.40.